The van der Waals surface area contributed by atoms with E-state index in [-0.39, 0.29) is 5.60 Å². The number of nitrogens with one attached hydrogen (secondary N) is 1. The second-order valence-corrected chi connectivity index (χ2v) is 5.44. The predicted molar refractivity (Wildman–Crippen MR) is 68.8 cm³/mol. The molecule has 0 radical (unpaired) electrons. The normalized spacial score (nSPS) is 26.7. The van der Waals surface area contributed by atoms with E-state index < -0.39 is 0 Å². The molecule has 1 aliphatic carbocycles. The summed E-state index contributed by atoms with van der Waals surface area (Å²) in [6.07, 6.45) is 6.27. The summed E-state index contributed by atoms with van der Waals surface area (Å²) in [5, 5.41) is 3.68. The average molecular weight is 231 g/mol. The third kappa shape index (κ3) is 2.53. The van der Waals surface area contributed by atoms with Gasteiger partial charge in [0.15, 0.2) is 0 Å². The van der Waals surface area contributed by atoms with E-state index in [1.165, 1.54) is 31.2 Å². The van der Waals surface area contributed by atoms with Crippen LogP contribution >= 0.6 is 0 Å². The second-order valence-electron chi connectivity index (χ2n) is 5.44. The van der Waals surface area contributed by atoms with Gasteiger partial charge in [-0.3, -0.25) is 0 Å². The summed E-state index contributed by atoms with van der Waals surface area (Å²) >= 11 is 0. The zero-order valence-corrected chi connectivity index (χ0v) is 10.3. The molecule has 0 bridgehead atoms. The zero-order chi connectivity index (χ0) is 11.6. The first kappa shape index (κ1) is 11.2. The molecule has 92 valence electrons. The van der Waals surface area contributed by atoms with Crippen LogP contribution < -0.4 is 5.32 Å². The number of hydrogen-bond acceptors (Lipinski definition) is 2. The van der Waals surface area contributed by atoms with Crippen molar-refractivity contribution < 1.29 is 4.74 Å². The third-order valence-corrected chi connectivity index (χ3v) is 4.20. The van der Waals surface area contributed by atoms with Crippen molar-refractivity contribution in [3.05, 3.63) is 35.9 Å². The average Bonchev–Trinajstić information content (AvgIpc) is 2.36. The second kappa shape index (κ2) is 4.79. The van der Waals surface area contributed by atoms with Gasteiger partial charge in [0, 0.05) is 19.2 Å². The maximum Gasteiger partial charge on any atom is 0.0697 e. The molecule has 2 aliphatic rings. The van der Waals surface area contributed by atoms with Crippen molar-refractivity contribution in [1.82, 2.24) is 5.32 Å². The Morgan fingerprint density at radius 2 is 2.06 bits per heavy atom. The van der Waals surface area contributed by atoms with Gasteiger partial charge in [-0.05, 0) is 37.7 Å². The molecule has 1 N–H and O–H groups in total. The van der Waals surface area contributed by atoms with Crippen LogP contribution in [0.25, 0.3) is 0 Å². The van der Waals surface area contributed by atoms with Gasteiger partial charge in [-0.1, -0.05) is 30.3 Å². The first-order chi connectivity index (χ1) is 8.36. The van der Waals surface area contributed by atoms with E-state index in [4.69, 9.17) is 4.74 Å². The molecular formula is C15H21NO. The van der Waals surface area contributed by atoms with Crippen LogP contribution in [0, 0.1) is 0 Å². The largest absolute Gasteiger partial charge is 0.375 e. The summed E-state index contributed by atoms with van der Waals surface area (Å²) in [6, 6.07) is 11.3. The highest BCUT2D eigenvalue weighted by atomic mass is 16.5. The van der Waals surface area contributed by atoms with Crippen molar-refractivity contribution in [2.24, 2.45) is 0 Å². The highest BCUT2D eigenvalue weighted by molar-refractivity contribution is 5.14. The maximum atomic E-state index is 5.94. The maximum absolute atomic E-state index is 5.94. The van der Waals surface area contributed by atoms with E-state index in [9.17, 15) is 0 Å². The number of benzene rings is 1. The van der Waals surface area contributed by atoms with Crippen LogP contribution in [0.3, 0.4) is 0 Å². The van der Waals surface area contributed by atoms with Gasteiger partial charge in [0.25, 0.3) is 0 Å². The van der Waals surface area contributed by atoms with E-state index in [2.05, 4.69) is 35.6 Å². The lowest BCUT2D eigenvalue weighted by Gasteiger charge is -2.47. The number of ether oxygens (including phenoxy) is 1. The van der Waals surface area contributed by atoms with E-state index in [1.54, 1.807) is 0 Å². The van der Waals surface area contributed by atoms with Gasteiger partial charge in [-0.25, -0.2) is 0 Å². The summed E-state index contributed by atoms with van der Waals surface area (Å²) in [5.74, 6) is 0. The van der Waals surface area contributed by atoms with Crippen LogP contribution in [0.1, 0.15) is 37.7 Å². The summed E-state index contributed by atoms with van der Waals surface area (Å²) in [4.78, 5) is 0. The van der Waals surface area contributed by atoms with Gasteiger partial charge in [-0.2, -0.15) is 0 Å². The van der Waals surface area contributed by atoms with Gasteiger partial charge in [0.2, 0.25) is 0 Å². The van der Waals surface area contributed by atoms with Crippen molar-refractivity contribution in [3.63, 3.8) is 0 Å². The number of rotatable bonds is 3. The molecule has 2 fully saturated rings. The minimum absolute atomic E-state index is 0.257. The van der Waals surface area contributed by atoms with E-state index in [1.807, 2.05) is 0 Å². The Morgan fingerprint density at radius 1 is 1.24 bits per heavy atom. The molecule has 1 unspecified atom stereocenters. The fraction of sp³-hybridized carbons (Fsp3) is 0.600. The molecule has 0 amide bonds. The molecule has 0 aromatic heterocycles. The molecule has 1 aromatic rings. The topological polar surface area (TPSA) is 21.3 Å². The summed E-state index contributed by atoms with van der Waals surface area (Å²) in [6.45, 7) is 1.92. The minimum atomic E-state index is 0.257. The Kier molecular flexibility index (Phi) is 3.17. The Labute approximate surface area is 103 Å². The smallest absolute Gasteiger partial charge is 0.0697 e. The lowest BCUT2D eigenvalue weighted by atomic mass is 9.74. The van der Waals surface area contributed by atoms with Gasteiger partial charge in [0.1, 0.15) is 0 Å². The SMILES string of the molecule is c1ccc(CNC2CCOC3(CCC3)C2)cc1. The molecule has 3 rings (SSSR count). The molecule has 17 heavy (non-hydrogen) atoms. The first-order valence-electron chi connectivity index (χ1n) is 6.78. The van der Waals surface area contributed by atoms with Crippen LogP contribution in [0.5, 0.6) is 0 Å². The summed E-state index contributed by atoms with van der Waals surface area (Å²) in [7, 11) is 0. The van der Waals surface area contributed by atoms with Crippen molar-refractivity contribution in [2.75, 3.05) is 6.61 Å². The fourth-order valence-corrected chi connectivity index (χ4v) is 2.98. The van der Waals surface area contributed by atoms with Crippen LogP contribution in [-0.4, -0.2) is 18.2 Å². The molecule has 1 saturated carbocycles. The molecule has 1 aliphatic heterocycles. The summed E-state index contributed by atoms with van der Waals surface area (Å²) < 4.78 is 5.94. The predicted octanol–water partition coefficient (Wildman–Crippen LogP) is 2.88. The van der Waals surface area contributed by atoms with Crippen LogP contribution in [0.4, 0.5) is 0 Å². The highest BCUT2D eigenvalue weighted by Gasteiger charge is 2.42. The number of hydrogen-bond donors (Lipinski definition) is 1. The van der Waals surface area contributed by atoms with Crippen molar-refractivity contribution >= 4 is 0 Å². The van der Waals surface area contributed by atoms with Gasteiger partial charge in [0.05, 0.1) is 5.60 Å². The lowest BCUT2D eigenvalue weighted by molar-refractivity contribution is -0.135. The lowest BCUT2D eigenvalue weighted by Crippen LogP contribution is -2.50. The molecule has 1 spiro atoms. The molecule has 1 heterocycles. The van der Waals surface area contributed by atoms with Crippen LogP contribution in [-0.2, 0) is 11.3 Å². The molecule has 1 saturated heterocycles. The minimum Gasteiger partial charge on any atom is -0.375 e. The fourth-order valence-electron chi connectivity index (χ4n) is 2.98. The van der Waals surface area contributed by atoms with E-state index >= 15 is 0 Å². The van der Waals surface area contributed by atoms with Crippen molar-refractivity contribution in [2.45, 2.75) is 50.3 Å². The van der Waals surface area contributed by atoms with Crippen molar-refractivity contribution in [3.8, 4) is 0 Å². The molecule has 2 nitrogen and oxygen atoms in total. The zero-order valence-electron chi connectivity index (χ0n) is 10.3. The first-order valence-corrected chi connectivity index (χ1v) is 6.78. The van der Waals surface area contributed by atoms with E-state index in [0.717, 1.165) is 19.6 Å². The molecular weight excluding hydrogens is 210 g/mol. The van der Waals surface area contributed by atoms with Crippen molar-refractivity contribution in [1.29, 1.82) is 0 Å². The third-order valence-electron chi connectivity index (χ3n) is 4.20. The van der Waals surface area contributed by atoms with Crippen LogP contribution in [0.15, 0.2) is 30.3 Å². The molecule has 1 aromatic carbocycles. The standard InChI is InChI=1S/C15H21NO/c1-2-5-13(6-3-1)12-16-14-7-10-17-15(11-14)8-4-9-15/h1-3,5-6,14,16H,4,7-12H2. The Balaban J connectivity index is 1.52. The summed E-state index contributed by atoms with van der Waals surface area (Å²) in [5.41, 5.74) is 1.63. The van der Waals surface area contributed by atoms with Crippen LogP contribution in [0.2, 0.25) is 0 Å². The highest BCUT2D eigenvalue weighted by Crippen LogP contribution is 2.42. The quantitative estimate of drug-likeness (QED) is 0.863. The molecule has 1 atom stereocenters. The van der Waals surface area contributed by atoms with Gasteiger partial charge in [-0.15, -0.1) is 0 Å². The Hall–Kier alpha value is -0.860. The monoisotopic (exact) mass is 231 g/mol. The van der Waals surface area contributed by atoms with Gasteiger partial charge >= 0.3 is 0 Å². The van der Waals surface area contributed by atoms with E-state index in [0.29, 0.717) is 6.04 Å². The Bertz CT molecular complexity index is 358. The molecule has 2 heteroatoms. The Morgan fingerprint density at radius 3 is 2.76 bits per heavy atom. The van der Waals surface area contributed by atoms with Gasteiger partial charge < -0.3 is 10.1 Å².